The molecular weight excluding hydrogens is 437 g/mol. The van der Waals surface area contributed by atoms with Gasteiger partial charge in [-0.2, -0.15) is 4.39 Å². The summed E-state index contributed by atoms with van der Waals surface area (Å²) in [7, 11) is -3.33. The predicted octanol–water partition coefficient (Wildman–Crippen LogP) is 5.73. The average molecular weight is 464 g/mol. The highest BCUT2D eigenvalue weighted by Gasteiger charge is 2.33. The number of carbonyl (C=O) groups excluding carboxylic acids is 1. The van der Waals surface area contributed by atoms with E-state index >= 15 is 0 Å². The van der Waals surface area contributed by atoms with E-state index in [1.165, 1.54) is 24.3 Å². The first-order valence-corrected chi connectivity index (χ1v) is 12.6. The lowest BCUT2D eigenvalue weighted by atomic mass is 9.96. The molecular formula is C27H26FNO3S. The summed E-state index contributed by atoms with van der Waals surface area (Å²) in [5.74, 6) is -0.718. The number of allylic oxidation sites excluding steroid dienone is 4. The summed E-state index contributed by atoms with van der Waals surface area (Å²) < 4.78 is 37.3. The van der Waals surface area contributed by atoms with Crippen LogP contribution in [0.25, 0.3) is 5.57 Å². The standard InChI is InChI=1S/C25H20FNO3S.C2H6/c1-17-6-12-21(13-7-17)27-16-23(18-9-14-22(15-10-18)31(2,29)30)24(25(27)28)19-4-3-5-20(26)11-8-19;1-2/h3-4,6-15H,16H2,1-2H3;1-2H3. The highest BCUT2D eigenvalue weighted by molar-refractivity contribution is 7.90. The van der Waals surface area contributed by atoms with E-state index < -0.39 is 15.7 Å². The van der Waals surface area contributed by atoms with Crippen LogP contribution in [0.3, 0.4) is 0 Å². The smallest absolute Gasteiger partial charge is 0.259 e. The summed E-state index contributed by atoms with van der Waals surface area (Å²) >= 11 is 0. The molecule has 2 aliphatic rings. The van der Waals surface area contributed by atoms with E-state index in [1.807, 2.05) is 45.0 Å². The molecule has 4 rings (SSSR count). The fourth-order valence-electron chi connectivity index (χ4n) is 3.59. The second-order valence-electron chi connectivity index (χ2n) is 7.49. The lowest BCUT2D eigenvalue weighted by Crippen LogP contribution is -2.27. The third-order valence-electron chi connectivity index (χ3n) is 5.24. The van der Waals surface area contributed by atoms with Gasteiger partial charge >= 0.3 is 0 Å². The highest BCUT2D eigenvalue weighted by atomic mass is 32.2. The summed E-state index contributed by atoms with van der Waals surface area (Å²) in [6.07, 6.45) is 7.08. The number of nitrogens with zero attached hydrogens (tertiary/aromatic N) is 1. The Labute approximate surface area is 194 Å². The zero-order valence-corrected chi connectivity index (χ0v) is 19.9. The van der Waals surface area contributed by atoms with Gasteiger partial charge in [-0.05, 0) is 66.1 Å². The normalized spacial score (nSPS) is 15.7. The van der Waals surface area contributed by atoms with Crippen LogP contribution in [0.5, 0.6) is 0 Å². The topological polar surface area (TPSA) is 54.5 Å². The quantitative estimate of drug-likeness (QED) is 0.544. The monoisotopic (exact) mass is 463 g/mol. The van der Waals surface area contributed by atoms with Crippen LogP contribution in [0.15, 0.2) is 100 Å². The second-order valence-corrected chi connectivity index (χ2v) is 9.51. The molecule has 2 aromatic carbocycles. The fraction of sp³-hybridized carbons (Fsp3) is 0.185. The Morgan fingerprint density at radius 2 is 1.61 bits per heavy atom. The van der Waals surface area contributed by atoms with Gasteiger partial charge in [-0.25, -0.2) is 8.42 Å². The van der Waals surface area contributed by atoms with Crippen LogP contribution in [-0.2, 0) is 14.6 Å². The van der Waals surface area contributed by atoms with Crippen LogP contribution < -0.4 is 4.90 Å². The lowest BCUT2D eigenvalue weighted by Gasteiger charge is -2.17. The molecule has 4 nitrogen and oxygen atoms in total. The molecule has 6 heteroatoms. The minimum absolute atomic E-state index is 0.197. The van der Waals surface area contributed by atoms with Crippen LogP contribution in [-0.4, -0.2) is 27.1 Å². The van der Waals surface area contributed by atoms with Crippen molar-refractivity contribution in [1.82, 2.24) is 0 Å². The van der Waals surface area contributed by atoms with Gasteiger partial charge in [0.2, 0.25) is 0 Å². The SMILES string of the molecule is CC.Cc1ccc(N2CC(c3ccc(S(C)(=O)=O)cc3)=C(C3=CC=C=C(F)C=C3)C2=O)cc1. The number of amides is 1. The summed E-state index contributed by atoms with van der Waals surface area (Å²) in [6.45, 7) is 6.29. The average Bonchev–Trinajstić information content (AvgIpc) is 2.99. The van der Waals surface area contributed by atoms with Gasteiger partial charge in [0.1, 0.15) is 0 Å². The maximum atomic E-state index is 13.6. The molecule has 1 aliphatic heterocycles. The van der Waals surface area contributed by atoms with Crippen LogP contribution in [0.2, 0.25) is 0 Å². The molecule has 0 saturated carbocycles. The number of carbonyl (C=O) groups is 1. The Balaban J connectivity index is 0.00000149. The Morgan fingerprint density at radius 3 is 2.21 bits per heavy atom. The maximum Gasteiger partial charge on any atom is 0.259 e. The molecule has 0 saturated heterocycles. The number of hydrogen-bond acceptors (Lipinski definition) is 3. The van der Waals surface area contributed by atoms with Crippen molar-refractivity contribution in [3.63, 3.8) is 0 Å². The fourth-order valence-corrected chi connectivity index (χ4v) is 4.22. The van der Waals surface area contributed by atoms with Crippen molar-refractivity contribution in [2.75, 3.05) is 17.7 Å². The van der Waals surface area contributed by atoms with Gasteiger partial charge in [-0.1, -0.05) is 55.5 Å². The first kappa shape index (κ1) is 24.2. The van der Waals surface area contributed by atoms with Gasteiger partial charge in [0.15, 0.2) is 15.7 Å². The molecule has 33 heavy (non-hydrogen) atoms. The Bertz CT molecular complexity index is 1320. The Hall–Kier alpha value is -3.47. The third-order valence-corrected chi connectivity index (χ3v) is 6.36. The molecule has 1 amide bonds. The lowest BCUT2D eigenvalue weighted by molar-refractivity contribution is -0.114. The minimum Gasteiger partial charge on any atom is -0.304 e. The second kappa shape index (κ2) is 9.99. The van der Waals surface area contributed by atoms with Crippen LogP contribution in [0.1, 0.15) is 25.0 Å². The number of benzene rings is 2. The van der Waals surface area contributed by atoms with Gasteiger partial charge in [0, 0.05) is 11.9 Å². The van der Waals surface area contributed by atoms with E-state index in [9.17, 15) is 17.6 Å². The Kier molecular flexibility index (Phi) is 7.32. The minimum atomic E-state index is -3.33. The molecule has 0 unspecified atom stereocenters. The number of anilines is 1. The number of halogens is 1. The van der Waals surface area contributed by atoms with Crippen LogP contribution in [0.4, 0.5) is 10.1 Å². The summed E-state index contributed by atoms with van der Waals surface area (Å²) in [5, 5.41) is 0. The van der Waals surface area contributed by atoms with Crippen LogP contribution >= 0.6 is 0 Å². The first-order chi connectivity index (χ1) is 15.7. The van der Waals surface area contributed by atoms with Gasteiger partial charge in [0.25, 0.3) is 5.91 Å². The molecule has 0 N–H and O–H groups in total. The number of aryl methyl sites for hydroxylation is 1. The van der Waals surface area contributed by atoms with Crippen molar-refractivity contribution >= 4 is 27.0 Å². The van der Waals surface area contributed by atoms with Crippen molar-refractivity contribution in [3.05, 3.63) is 107 Å². The Morgan fingerprint density at radius 1 is 0.970 bits per heavy atom. The van der Waals surface area contributed by atoms with E-state index in [1.54, 1.807) is 29.2 Å². The predicted molar refractivity (Wildman–Crippen MR) is 131 cm³/mol. The van der Waals surface area contributed by atoms with Gasteiger partial charge in [-0.15, -0.1) is 0 Å². The van der Waals surface area contributed by atoms with E-state index in [4.69, 9.17) is 0 Å². The zero-order valence-electron chi connectivity index (χ0n) is 19.1. The van der Waals surface area contributed by atoms with E-state index in [0.29, 0.717) is 17.7 Å². The molecule has 0 spiro atoms. The van der Waals surface area contributed by atoms with Crippen LogP contribution in [0, 0.1) is 6.92 Å². The first-order valence-electron chi connectivity index (χ1n) is 10.7. The molecule has 1 heterocycles. The molecule has 170 valence electrons. The van der Waals surface area contributed by atoms with Crippen molar-refractivity contribution in [3.8, 4) is 0 Å². The van der Waals surface area contributed by atoms with Crippen molar-refractivity contribution in [1.29, 1.82) is 0 Å². The third kappa shape index (κ3) is 5.30. The summed E-state index contributed by atoms with van der Waals surface area (Å²) in [4.78, 5) is 15.3. The molecule has 0 radical (unpaired) electrons. The zero-order chi connectivity index (χ0) is 24.2. The van der Waals surface area contributed by atoms with Gasteiger partial charge in [0.05, 0.1) is 17.0 Å². The molecule has 0 fully saturated rings. The number of sulfone groups is 1. The molecule has 0 bridgehead atoms. The van der Waals surface area contributed by atoms with E-state index in [0.717, 1.165) is 28.6 Å². The van der Waals surface area contributed by atoms with Crippen molar-refractivity contribution < 1.29 is 17.6 Å². The molecule has 0 aromatic heterocycles. The van der Waals surface area contributed by atoms with Gasteiger partial charge in [-0.3, -0.25) is 4.79 Å². The highest BCUT2D eigenvalue weighted by Crippen LogP contribution is 2.36. The molecule has 2 aromatic rings. The maximum absolute atomic E-state index is 13.6. The summed E-state index contributed by atoms with van der Waals surface area (Å²) in [6, 6.07) is 14.1. The molecule has 1 aliphatic carbocycles. The summed E-state index contributed by atoms with van der Waals surface area (Å²) in [5.41, 5.74) is 6.84. The van der Waals surface area contributed by atoms with Crippen molar-refractivity contribution in [2.45, 2.75) is 25.7 Å². The van der Waals surface area contributed by atoms with Crippen molar-refractivity contribution in [2.24, 2.45) is 0 Å². The largest absolute Gasteiger partial charge is 0.304 e. The van der Waals surface area contributed by atoms with E-state index in [2.05, 4.69) is 5.73 Å². The van der Waals surface area contributed by atoms with Gasteiger partial charge < -0.3 is 4.90 Å². The van der Waals surface area contributed by atoms with E-state index in [-0.39, 0.29) is 10.8 Å². The molecule has 0 atom stereocenters. The number of hydrogen-bond donors (Lipinski definition) is 0. The number of rotatable bonds is 4.